The summed E-state index contributed by atoms with van der Waals surface area (Å²) >= 11 is 3.47. The molecule has 0 fully saturated rings. The Morgan fingerprint density at radius 1 is 1.11 bits per heavy atom. The fraction of sp³-hybridized carbons (Fsp3) is 0.320. The van der Waals surface area contributed by atoms with Gasteiger partial charge < -0.3 is 33.9 Å². The molecule has 4 aromatic rings. The molecule has 2 aromatic carbocycles. The number of fused-ring (bicyclic) bond motifs is 1. The van der Waals surface area contributed by atoms with Gasteiger partial charge >= 0.3 is 0 Å². The van der Waals surface area contributed by atoms with Crippen LogP contribution in [0.1, 0.15) is 11.1 Å². The second-order valence-electron chi connectivity index (χ2n) is 8.23. The minimum absolute atomic E-state index is 0.0240. The number of aliphatic hydroxyl groups excluding tert-OH is 1. The van der Waals surface area contributed by atoms with Gasteiger partial charge in [0.15, 0.2) is 19.5 Å². The highest BCUT2D eigenvalue weighted by Gasteiger charge is 2.17. The number of ether oxygens (including phenoxy) is 2. The minimum Gasteiger partial charge on any atom is -0.394 e. The predicted molar refractivity (Wildman–Crippen MR) is 147 cm³/mol. The summed E-state index contributed by atoms with van der Waals surface area (Å²) in [4.78, 5) is 22.7. The number of imidazole rings is 1. The van der Waals surface area contributed by atoms with Gasteiger partial charge in [-0.3, -0.25) is 9.78 Å². The number of rotatable bonds is 15. The van der Waals surface area contributed by atoms with Gasteiger partial charge in [-0.2, -0.15) is 4.98 Å². The first kappa shape index (κ1) is 28.3. The topological polar surface area (TPSA) is 147 Å². The number of anilines is 1. The van der Waals surface area contributed by atoms with Gasteiger partial charge in [-0.1, -0.05) is 58.4 Å². The molecule has 0 saturated heterocycles. The molecular weight excluding hydrogens is 577 g/mol. The van der Waals surface area contributed by atoms with Crippen molar-refractivity contribution in [3.63, 3.8) is 0 Å². The molecule has 13 heteroatoms. The van der Waals surface area contributed by atoms with Crippen LogP contribution in [0.25, 0.3) is 11.2 Å². The Labute approximate surface area is 229 Å². The van der Waals surface area contributed by atoms with Gasteiger partial charge in [0.25, 0.3) is 5.56 Å². The SMILES string of the molecule is Nc1nc2c(ncn2CCOCP(OCc2cccc(Br)c2)OCC(CO)OCc2ccccc2)c(=O)[nH]1. The number of nitrogens with zero attached hydrogens (tertiary/aromatic N) is 3. The number of hydrogen-bond acceptors (Lipinski definition) is 9. The van der Waals surface area contributed by atoms with E-state index in [1.807, 2.05) is 54.6 Å². The Morgan fingerprint density at radius 2 is 1.92 bits per heavy atom. The zero-order valence-electron chi connectivity index (χ0n) is 20.5. The first-order chi connectivity index (χ1) is 18.5. The van der Waals surface area contributed by atoms with Crippen molar-refractivity contribution in [2.75, 3.05) is 31.9 Å². The Morgan fingerprint density at radius 3 is 2.71 bits per heavy atom. The van der Waals surface area contributed by atoms with Gasteiger partial charge in [0.1, 0.15) is 12.5 Å². The number of hydrogen-bond donors (Lipinski definition) is 3. The molecule has 4 rings (SSSR count). The normalized spacial score (nSPS) is 13.1. The van der Waals surface area contributed by atoms with Gasteiger partial charge in [0, 0.05) is 11.0 Å². The lowest BCUT2D eigenvalue weighted by Crippen LogP contribution is -2.23. The van der Waals surface area contributed by atoms with Crippen LogP contribution in [0.4, 0.5) is 5.95 Å². The lowest BCUT2D eigenvalue weighted by atomic mass is 10.2. The molecule has 2 unspecified atom stereocenters. The number of nitrogens with two attached hydrogens (primary N) is 1. The summed E-state index contributed by atoms with van der Waals surface area (Å²) in [7, 11) is -1.46. The Hall–Kier alpha value is -2.70. The first-order valence-corrected chi connectivity index (χ1v) is 14.0. The summed E-state index contributed by atoms with van der Waals surface area (Å²) in [6.45, 7) is 1.36. The van der Waals surface area contributed by atoms with Gasteiger partial charge in [-0.05, 0) is 23.3 Å². The first-order valence-electron chi connectivity index (χ1n) is 11.8. The molecule has 4 N–H and O–H groups in total. The van der Waals surface area contributed by atoms with Crippen LogP contribution in [0.15, 0.2) is 70.2 Å². The fourth-order valence-corrected chi connectivity index (χ4v) is 5.00. The number of aromatic nitrogens is 4. The van der Waals surface area contributed by atoms with Crippen molar-refractivity contribution < 1.29 is 23.6 Å². The molecule has 38 heavy (non-hydrogen) atoms. The van der Waals surface area contributed by atoms with E-state index in [4.69, 9.17) is 24.3 Å². The van der Waals surface area contributed by atoms with Crippen molar-refractivity contribution in [3.05, 3.63) is 86.9 Å². The maximum absolute atomic E-state index is 12.0. The maximum atomic E-state index is 12.0. The van der Waals surface area contributed by atoms with E-state index in [0.717, 1.165) is 15.6 Å². The molecule has 0 aliphatic heterocycles. The monoisotopic (exact) mass is 605 g/mol. The van der Waals surface area contributed by atoms with E-state index >= 15 is 0 Å². The summed E-state index contributed by atoms with van der Waals surface area (Å²) in [5, 5.41) is 9.78. The van der Waals surface area contributed by atoms with Crippen molar-refractivity contribution in [1.29, 1.82) is 0 Å². The molecule has 0 aliphatic rings. The number of nitrogens with one attached hydrogen (secondary N) is 1. The molecule has 2 aromatic heterocycles. The van der Waals surface area contributed by atoms with Crippen molar-refractivity contribution in [1.82, 2.24) is 19.5 Å². The van der Waals surface area contributed by atoms with Crippen LogP contribution in [0.5, 0.6) is 0 Å². The van der Waals surface area contributed by atoms with Crippen LogP contribution in [0.3, 0.4) is 0 Å². The van der Waals surface area contributed by atoms with E-state index in [1.165, 1.54) is 6.33 Å². The van der Waals surface area contributed by atoms with Gasteiger partial charge in [-0.15, -0.1) is 0 Å². The molecule has 0 spiro atoms. The minimum atomic E-state index is -1.46. The zero-order chi connectivity index (χ0) is 26.7. The number of nitrogen functional groups attached to an aromatic ring is 1. The number of halogens is 1. The largest absolute Gasteiger partial charge is 0.394 e. The van der Waals surface area contributed by atoms with Crippen LogP contribution in [-0.2, 0) is 38.3 Å². The third-order valence-electron chi connectivity index (χ3n) is 5.37. The van der Waals surface area contributed by atoms with Crippen LogP contribution in [0.2, 0.25) is 0 Å². The molecule has 0 saturated carbocycles. The van der Waals surface area contributed by atoms with E-state index in [0.29, 0.717) is 32.0 Å². The van der Waals surface area contributed by atoms with E-state index in [1.54, 1.807) is 4.57 Å². The van der Waals surface area contributed by atoms with Gasteiger partial charge in [0.2, 0.25) is 5.95 Å². The van der Waals surface area contributed by atoms with E-state index < -0.39 is 20.0 Å². The van der Waals surface area contributed by atoms with Crippen molar-refractivity contribution in [2.45, 2.75) is 25.9 Å². The van der Waals surface area contributed by atoms with Gasteiger partial charge in [0.05, 0.1) is 39.4 Å². The standard InChI is InChI=1S/C25H29BrN5O6P/c26-20-8-4-7-19(11-20)14-36-38(37-15-21(12-32)35-13-18-5-2-1-3-6-18)17-34-10-9-31-16-28-22-23(31)29-25(27)30-24(22)33/h1-8,11,16,21,32H,9-10,12-15,17H2,(H3,27,29,30,33). The highest BCUT2D eigenvalue weighted by atomic mass is 79.9. The quantitative estimate of drug-likeness (QED) is 0.137. The second kappa shape index (κ2) is 14.5. The molecule has 0 bridgehead atoms. The van der Waals surface area contributed by atoms with Crippen LogP contribution in [-0.4, -0.2) is 56.9 Å². The Bertz CT molecular complexity index is 1360. The number of H-pyrrole nitrogens is 1. The van der Waals surface area contributed by atoms with E-state index in [-0.39, 0.29) is 31.0 Å². The smallest absolute Gasteiger partial charge is 0.280 e. The second-order valence-corrected chi connectivity index (χ2v) is 10.6. The van der Waals surface area contributed by atoms with E-state index in [9.17, 15) is 9.90 Å². The average molecular weight is 606 g/mol. The number of aliphatic hydroxyl groups is 1. The molecule has 2 heterocycles. The third kappa shape index (κ3) is 8.40. The zero-order valence-corrected chi connectivity index (χ0v) is 23.0. The molecule has 2 atom stereocenters. The molecule has 0 radical (unpaired) electrons. The van der Waals surface area contributed by atoms with Crippen LogP contribution >= 0.6 is 24.3 Å². The van der Waals surface area contributed by atoms with Crippen molar-refractivity contribution in [2.24, 2.45) is 0 Å². The van der Waals surface area contributed by atoms with Crippen LogP contribution in [0, 0.1) is 0 Å². The lowest BCUT2D eigenvalue weighted by molar-refractivity contribution is -0.0244. The Balaban J connectivity index is 1.31. The van der Waals surface area contributed by atoms with Crippen LogP contribution < -0.4 is 11.3 Å². The maximum Gasteiger partial charge on any atom is 0.280 e. The molecule has 0 aliphatic carbocycles. The summed E-state index contributed by atoms with van der Waals surface area (Å²) < 4.78 is 26.4. The number of benzene rings is 2. The molecule has 202 valence electrons. The van der Waals surface area contributed by atoms with Crippen molar-refractivity contribution in [3.8, 4) is 0 Å². The molecule has 11 nitrogen and oxygen atoms in total. The third-order valence-corrected chi connectivity index (χ3v) is 7.11. The Kier molecular flexibility index (Phi) is 10.8. The van der Waals surface area contributed by atoms with Gasteiger partial charge in [-0.25, -0.2) is 4.98 Å². The summed E-state index contributed by atoms with van der Waals surface area (Å²) in [5.74, 6) is 0.0240. The van der Waals surface area contributed by atoms with Crippen molar-refractivity contribution >= 4 is 41.4 Å². The lowest BCUT2D eigenvalue weighted by Gasteiger charge is -2.21. The number of aromatic amines is 1. The summed E-state index contributed by atoms with van der Waals surface area (Å²) in [5.41, 5.74) is 7.86. The average Bonchev–Trinajstić information content (AvgIpc) is 3.32. The fourth-order valence-electron chi connectivity index (χ4n) is 3.43. The highest BCUT2D eigenvalue weighted by molar-refractivity contribution is 9.10. The molecule has 0 amide bonds. The summed E-state index contributed by atoms with van der Waals surface area (Å²) in [6, 6.07) is 17.5. The highest BCUT2D eigenvalue weighted by Crippen LogP contribution is 2.39. The van der Waals surface area contributed by atoms with E-state index in [2.05, 4.69) is 30.9 Å². The predicted octanol–water partition coefficient (Wildman–Crippen LogP) is 3.56. The summed E-state index contributed by atoms with van der Waals surface area (Å²) in [6.07, 6.45) is 1.21. The molecular formula is C25H29BrN5O6P.